The molecule has 4 rings (SSSR count). The normalized spacial score (nSPS) is 23.7. The number of nitrogens with zero attached hydrogens (tertiary/aromatic N) is 2. The molecule has 2 aliphatic rings. The fourth-order valence-corrected chi connectivity index (χ4v) is 7.38. The Morgan fingerprint density at radius 3 is 2.32 bits per heavy atom. The number of sulfonamides is 1. The molecule has 0 amide bonds. The topological polar surface area (TPSA) is 77.9 Å². The van der Waals surface area contributed by atoms with Crippen molar-refractivity contribution in [2.75, 3.05) is 18.0 Å². The van der Waals surface area contributed by atoms with Crippen LogP contribution in [0.3, 0.4) is 0 Å². The minimum absolute atomic E-state index is 0.103. The first kappa shape index (κ1) is 24.8. The molecule has 0 saturated carbocycles. The number of carbonyl (C=O) groups is 1. The Kier molecular flexibility index (Phi) is 6.37. The number of hydrogen-bond acceptors (Lipinski definition) is 4. The lowest BCUT2D eigenvalue weighted by atomic mass is 10.1. The van der Waals surface area contributed by atoms with Gasteiger partial charge in [0.1, 0.15) is 0 Å². The van der Waals surface area contributed by atoms with Crippen molar-refractivity contribution in [2.45, 2.75) is 49.8 Å². The van der Waals surface area contributed by atoms with Crippen LogP contribution in [0.2, 0.25) is 5.02 Å². The molecule has 1 N–H and O–H groups in total. The molecule has 2 aromatic carbocycles. The van der Waals surface area contributed by atoms with Gasteiger partial charge >= 0.3 is 12.1 Å². The van der Waals surface area contributed by atoms with Crippen LogP contribution in [-0.2, 0) is 33.8 Å². The largest absolute Gasteiger partial charge is 0.481 e. The summed E-state index contributed by atoms with van der Waals surface area (Å²) in [6.45, 7) is 3.80. The number of rotatable bonds is 4. The first-order chi connectivity index (χ1) is 15.8. The number of alkyl halides is 3. The molecule has 3 atom stereocenters. The minimum Gasteiger partial charge on any atom is -0.481 e. The van der Waals surface area contributed by atoms with Crippen molar-refractivity contribution in [3.05, 3.63) is 58.1 Å². The molecular weight excluding hydrogens is 493 g/mol. The van der Waals surface area contributed by atoms with Crippen molar-refractivity contribution in [2.24, 2.45) is 5.92 Å². The van der Waals surface area contributed by atoms with Crippen molar-refractivity contribution >= 4 is 33.3 Å². The van der Waals surface area contributed by atoms with Crippen LogP contribution in [0.25, 0.3) is 0 Å². The lowest BCUT2D eigenvalue weighted by Gasteiger charge is -2.44. The van der Waals surface area contributed by atoms with Crippen LogP contribution >= 0.6 is 11.6 Å². The second-order valence-electron chi connectivity index (χ2n) is 8.94. The molecule has 1 fully saturated rings. The molecule has 1 aliphatic heterocycles. The number of fused-ring (bicyclic) bond motifs is 1. The third-order valence-corrected chi connectivity index (χ3v) is 9.05. The first-order valence-corrected chi connectivity index (χ1v) is 12.6. The zero-order chi connectivity index (χ0) is 25.0. The molecule has 184 valence electrons. The number of aliphatic carboxylic acids is 1. The van der Waals surface area contributed by atoms with Crippen molar-refractivity contribution in [1.82, 2.24) is 4.31 Å². The van der Waals surface area contributed by atoms with Gasteiger partial charge in [0.25, 0.3) is 0 Å². The van der Waals surface area contributed by atoms with Gasteiger partial charge in [-0.1, -0.05) is 23.7 Å². The molecule has 2 aromatic rings. The Morgan fingerprint density at radius 1 is 1.09 bits per heavy atom. The molecule has 6 nitrogen and oxygen atoms in total. The van der Waals surface area contributed by atoms with Crippen LogP contribution in [0, 0.1) is 5.92 Å². The first-order valence-electron chi connectivity index (χ1n) is 10.8. The Hall–Kier alpha value is -2.30. The predicted molar refractivity (Wildman–Crippen MR) is 122 cm³/mol. The SMILES string of the molecule is C[C@@H]1CN(c2ccc(Cl)c(C(F)(F)F)c2)C[C@H](C)N1S(=O)(=O)c1cccc2c1CC(C(=O)O)C2. The molecule has 0 radical (unpaired) electrons. The number of carboxylic acid groups (broad SMARTS) is 1. The molecule has 0 aromatic heterocycles. The lowest BCUT2D eigenvalue weighted by Crippen LogP contribution is -2.58. The molecule has 1 saturated heterocycles. The number of carboxylic acids is 1. The third-order valence-electron chi connectivity index (χ3n) is 6.51. The second-order valence-corrected chi connectivity index (χ2v) is 11.2. The van der Waals surface area contributed by atoms with Crippen molar-refractivity contribution in [3.8, 4) is 0 Å². The maximum absolute atomic E-state index is 13.7. The third kappa shape index (κ3) is 4.38. The highest BCUT2D eigenvalue weighted by molar-refractivity contribution is 7.89. The van der Waals surface area contributed by atoms with E-state index in [-0.39, 0.29) is 30.8 Å². The Labute approximate surface area is 201 Å². The van der Waals surface area contributed by atoms with Gasteiger partial charge < -0.3 is 10.0 Å². The van der Waals surface area contributed by atoms with Crippen LogP contribution in [0.15, 0.2) is 41.3 Å². The van der Waals surface area contributed by atoms with E-state index >= 15 is 0 Å². The van der Waals surface area contributed by atoms with E-state index in [1.54, 1.807) is 30.9 Å². The number of anilines is 1. The highest BCUT2D eigenvalue weighted by atomic mass is 35.5. The van der Waals surface area contributed by atoms with Gasteiger partial charge in [-0.05, 0) is 62.1 Å². The predicted octanol–water partition coefficient (Wildman–Crippen LogP) is 4.45. The minimum atomic E-state index is -4.60. The maximum Gasteiger partial charge on any atom is 0.417 e. The molecule has 1 heterocycles. The van der Waals surface area contributed by atoms with E-state index in [1.807, 2.05) is 0 Å². The Bertz CT molecular complexity index is 1220. The molecule has 1 aliphatic carbocycles. The summed E-state index contributed by atoms with van der Waals surface area (Å²) in [5, 5.41) is 9.00. The molecule has 34 heavy (non-hydrogen) atoms. The van der Waals surface area contributed by atoms with Crippen LogP contribution in [0.4, 0.5) is 18.9 Å². The average molecular weight is 517 g/mol. The van der Waals surface area contributed by atoms with E-state index in [0.717, 1.165) is 6.07 Å². The van der Waals surface area contributed by atoms with Gasteiger partial charge in [-0.15, -0.1) is 0 Å². The highest BCUT2D eigenvalue weighted by Crippen LogP contribution is 2.39. The highest BCUT2D eigenvalue weighted by Gasteiger charge is 2.42. The Morgan fingerprint density at radius 2 is 1.74 bits per heavy atom. The smallest absolute Gasteiger partial charge is 0.417 e. The van der Waals surface area contributed by atoms with Gasteiger partial charge in [0.15, 0.2) is 0 Å². The van der Waals surface area contributed by atoms with E-state index in [9.17, 15) is 31.5 Å². The van der Waals surface area contributed by atoms with E-state index in [4.69, 9.17) is 11.6 Å². The van der Waals surface area contributed by atoms with E-state index in [2.05, 4.69) is 0 Å². The second kappa shape index (κ2) is 8.73. The maximum atomic E-state index is 13.7. The van der Waals surface area contributed by atoms with Gasteiger partial charge in [-0.2, -0.15) is 17.5 Å². The average Bonchev–Trinajstić information content (AvgIpc) is 3.17. The van der Waals surface area contributed by atoms with Gasteiger partial charge in [0.05, 0.1) is 21.4 Å². The number of hydrogen-bond donors (Lipinski definition) is 1. The van der Waals surface area contributed by atoms with Crippen molar-refractivity contribution in [3.63, 3.8) is 0 Å². The van der Waals surface area contributed by atoms with Crippen LogP contribution in [-0.4, -0.2) is 49.0 Å². The number of halogens is 4. The monoisotopic (exact) mass is 516 g/mol. The standard InChI is InChI=1S/C23H24ClF3N2O4S/c1-13-11-28(17-6-7-20(24)19(10-17)23(25,26)27)12-14(2)29(13)34(32,33)21-5-3-4-15-8-16(22(30)31)9-18(15)21/h3-7,10,13-14,16H,8-9,11-12H2,1-2H3,(H,30,31)/t13-,14+,16?. The summed E-state index contributed by atoms with van der Waals surface area (Å²) in [5.41, 5.74) is 0.629. The van der Waals surface area contributed by atoms with Gasteiger partial charge in [-0.3, -0.25) is 4.79 Å². The molecule has 0 spiro atoms. The van der Waals surface area contributed by atoms with Gasteiger partial charge in [0.2, 0.25) is 10.0 Å². The summed E-state index contributed by atoms with van der Waals surface area (Å²) in [5.74, 6) is -1.62. The van der Waals surface area contributed by atoms with Crippen molar-refractivity contribution in [1.29, 1.82) is 0 Å². The summed E-state index contributed by atoms with van der Waals surface area (Å²) in [6.07, 6.45) is -4.17. The molecule has 11 heteroatoms. The molecular formula is C23H24ClF3N2O4S. The number of piperazine rings is 1. The quantitative estimate of drug-likeness (QED) is 0.650. The zero-order valence-corrected chi connectivity index (χ0v) is 20.1. The van der Waals surface area contributed by atoms with E-state index in [1.165, 1.54) is 22.5 Å². The summed E-state index contributed by atoms with van der Waals surface area (Å²) >= 11 is 5.74. The molecule has 1 unspecified atom stereocenters. The number of benzene rings is 2. The summed E-state index contributed by atoms with van der Waals surface area (Å²) in [4.78, 5) is 13.3. The van der Waals surface area contributed by atoms with E-state index in [0.29, 0.717) is 16.8 Å². The summed E-state index contributed by atoms with van der Waals surface area (Å²) < 4.78 is 68.7. The lowest BCUT2D eigenvalue weighted by molar-refractivity contribution is -0.141. The van der Waals surface area contributed by atoms with Gasteiger partial charge in [0, 0.05) is 30.9 Å². The van der Waals surface area contributed by atoms with Gasteiger partial charge in [-0.25, -0.2) is 8.42 Å². The summed E-state index contributed by atoms with van der Waals surface area (Å²) in [7, 11) is -3.97. The fraction of sp³-hybridized carbons (Fsp3) is 0.435. The fourth-order valence-electron chi connectivity index (χ4n) is 5.07. The molecule has 0 bridgehead atoms. The zero-order valence-electron chi connectivity index (χ0n) is 18.5. The van der Waals surface area contributed by atoms with Crippen LogP contribution < -0.4 is 4.90 Å². The van der Waals surface area contributed by atoms with Crippen molar-refractivity contribution < 1.29 is 31.5 Å². The summed E-state index contributed by atoms with van der Waals surface area (Å²) in [6, 6.07) is 7.48. The Balaban J connectivity index is 1.63. The van der Waals surface area contributed by atoms with Crippen LogP contribution in [0.1, 0.15) is 30.5 Å². The van der Waals surface area contributed by atoms with Crippen LogP contribution in [0.5, 0.6) is 0 Å². The van der Waals surface area contributed by atoms with E-state index < -0.39 is 50.8 Å².